The highest BCUT2D eigenvalue weighted by Crippen LogP contribution is 2.22. The van der Waals surface area contributed by atoms with Gasteiger partial charge in [0.15, 0.2) is 0 Å². The van der Waals surface area contributed by atoms with Gasteiger partial charge in [0.1, 0.15) is 0 Å². The number of rotatable bonds is 6. The molecule has 26 heavy (non-hydrogen) atoms. The lowest BCUT2D eigenvalue weighted by Crippen LogP contribution is -2.16. The molecular weight excluding hydrogens is 326 g/mol. The smallest absolute Gasteiger partial charge is 0.340 e. The maximum atomic E-state index is 12.3. The Labute approximate surface area is 155 Å². The predicted molar refractivity (Wildman–Crippen MR) is 104 cm³/mol. The quantitative estimate of drug-likeness (QED) is 0.764. The molecule has 2 aromatic carbocycles. The summed E-state index contributed by atoms with van der Waals surface area (Å²) in [6, 6.07) is 15.3. The van der Waals surface area contributed by atoms with Gasteiger partial charge in [-0.25, -0.2) is 4.79 Å². The lowest BCUT2D eigenvalue weighted by Gasteiger charge is -2.19. The third-order valence-electron chi connectivity index (χ3n) is 4.16. The highest BCUT2D eigenvalue weighted by Gasteiger charge is 2.15. The number of hydrogen-bond acceptors (Lipinski definition) is 3. The zero-order chi connectivity index (χ0) is 19.2. The molecule has 2 rings (SSSR count). The van der Waals surface area contributed by atoms with Crippen molar-refractivity contribution in [1.29, 1.82) is 0 Å². The number of anilines is 1. The second kappa shape index (κ2) is 8.65. The molecule has 0 aliphatic rings. The van der Waals surface area contributed by atoms with E-state index in [1.54, 1.807) is 31.2 Å². The first kappa shape index (κ1) is 19.7. The molecule has 138 valence electrons. The number of nitrogens with one attached hydrogen (secondary N) is 1. The first-order valence-corrected chi connectivity index (χ1v) is 8.96. The van der Waals surface area contributed by atoms with Crippen LogP contribution in [0.4, 0.5) is 5.69 Å². The summed E-state index contributed by atoms with van der Waals surface area (Å²) in [6.45, 7) is 8.58. The minimum Gasteiger partial charge on any atom is -0.462 e. The zero-order valence-corrected chi connectivity index (χ0v) is 16.0. The van der Waals surface area contributed by atoms with E-state index in [0.717, 1.165) is 5.56 Å². The van der Waals surface area contributed by atoms with Crippen LogP contribution in [0, 0.1) is 0 Å². The average molecular weight is 353 g/mol. The molecule has 1 amide bonds. The van der Waals surface area contributed by atoms with Crippen molar-refractivity contribution in [3.8, 4) is 0 Å². The number of carbonyl (C=O) groups is 2. The predicted octanol–water partition coefficient (Wildman–Crippen LogP) is 4.73. The number of amides is 1. The summed E-state index contributed by atoms with van der Waals surface area (Å²) in [4.78, 5) is 24.2. The van der Waals surface area contributed by atoms with Crippen LogP contribution in [-0.2, 0) is 21.4 Å². The van der Waals surface area contributed by atoms with Crippen LogP contribution < -0.4 is 5.32 Å². The molecule has 0 bridgehead atoms. The summed E-state index contributed by atoms with van der Waals surface area (Å²) >= 11 is 0. The van der Waals surface area contributed by atoms with Crippen molar-refractivity contribution in [2.45, 2.75) is 46.0 Å². The van der Waals surface area contributed by atoms with Crippen molar-refractivity contribution in [3.05, 3.63) is 65.2 Å². The standard InChI is InChI=1S/C22H27NO3/c1-5-26-21(25)18-8-6-7-9-19(18)23-20(24)15-12-16-10-13-17(14-11-16)22(2,3)4/h6-11,13-14H,5,12,15H2,1-4H3,(H,23,24). The van der Waals surface area contributed by atoms with E-state index in [1.165, 1.54) is 5.56 Å². The molecule has 0 radical (unpaired) electrons. The highest BCUT2D eigenvalue weighted by atomic mass is 16.5. The Morgan fingerprint density at radius 3 is 2.27 bits per heavy atom. The van der Waals surface area contributed by atoms with E-state index in [0.29, 0.717) is 30.7 Å². The Hall–Kier alpha value is -2.62. The molecule has 0 spiro atoms. The molecule has 0 aromatic heterocycles. The number of ether oxygens (including phenoxy) is 1. The van der Waals surface area contributed by atoms with Crippen molar-refractivity contribution in [2.75, 3.05) is 11.9 Å². The minimum atomic E-state index is -0.429. The van der Waals surface area contributed by atoms with Gasteiger partial charge in [0, 0.05) is 6.42 Å². The number of para-hydroxylation sites is 1. The third-order valence-corrected chi connectivity index (χ3v) is 4.16. The molecule has 0 saturated carbocycles. The van der Waals surface area contributed by atoms with Crippen molar-refractivity contribution >= 4 is 17.6 Å². The van der Waals surface area contributed by atoms with E-state index in [4.69, 9.17) is 4.74 Å². The Kier molecular flexibility index (Phi) is 6.56. The number of carbonyl (C=O) groups excluding carboxylic acids is 2. The normalized spacial score (nSPS) is 11.1. The van der Waals surface area contributed by atoms with Gasteiger partial charge in [-0.2, -0.15) is 0 Å². The van der Waals surface area contributed by atoms with Gasteiger partial charge in [0.25, 0.3) is 0 Å². The molecular formula is C22H27NO3. The fraction of sp³-hybridized carbons (Fsp3) is 0.364. The van der Waals surface area contributed by atoms with Gasteiger partial charge >= 0.3 is 5.97 Å². The van der Waals surface area contributed by atoms with Crippen molar-refractivity contribution in [3.63, 3.8) is 0 Å². The molecule has 0 aliphatic carbocycles. The molecule has 4 nitrogen and oxygen atoms in total. The monoisotopic (exact) mass is 353 g/mol. The fourth-order valence-electron chi connectivity index (χ4n) is 2.62. The van der Waals surface area contributed by atoms with Crippen molar-refractivity contribution in [2.24, 2.45) is 0 Å². The van der Waals surface area contributed by atoms with Crippen LogP contribution in [0.5, 0.6) is 0 Å². The summed E-state index contributed by atoms with van der Waals surface area (Å²) in [5, 5.41) is 2.82. The summed E-state index contributed by atoms with van der Waals surface area (Å²) in [5.41, 5.74) is 3.37. The van der Waals surface area contributed by atoms with Crippen LogP contribution >= 0.6 is 0 Å². The summed E-state index contributed by atoms with van der Waals surface area (Å²) in [5.74, 6) is -0.553. The molecule has 2 aromatic rings. The van der Waals surface area contributed by atoms with Gasteiger partial charge in [-0.15, -0.1) is 0 Å². The molecule has 0 aliphatic heterocycles. The Morgan fingerprint density at radius 1 is 1.00 bits per heavy atom. The third kappa shape index (κ3) is 5.45. The van der Waals surface area contributed by atoms with E-state index < -0.39 is 5.97 Å². The Bertz CT molecular complexity index is 758. The van der Waals surface area contributed by atoms with Crippen LogP contribution in [0.25, 0.3) is 0 Å². The van der Waals surface area contributed by atoms with E-state index in [1.807, 2.05) is 0 Å². The second-order valence-corrected chi connectivity index (χ2v) is 7.26. The summed E-state index contributed by atoms with van der Waals surface area (Å²) < 4.78 is 5.03. The molecule has 0 atom stereocenters. The first-order valence-electron chi connectivity index (χ1n) is 8.96. The molecule has 0 heterocycles. The molecule has 0 fully saturated rings. The van der Waals surface area contributed by atoms with E-state index >= 15 is 0 Å². The molecule has 1 N–H and O–H groups in total. The SMILES string of the molecule is CCOC(=O)c1ccccc1NC(=O)CCc1ccc(C(C)(C)C)cc1. The van der Waals surface area contributed by atoms with Crippen LogP contribution in [0.2, 0.25) is 0 Å². The topological polar surface area (TPSA) is 55.4 Å². The van der Waals surface area contributed by atoms with Crippen LogP contribution in [0.1, 0.15) is 55.6 Å². The van der Waals surface area contributed by atoms with E-state index in [-0.39, 0.29) is 11.3 Å². The average Bonchev–Trinajstić information content (AvgIpc) is 2.60. The lowest BCUT2D eigenvalue weighted by molar-refractivity contribution is -0.116. The fourth-order valence-corrected chi connectivity index (χ4v) is 2.62. The van der Waals surface area contributed by atoms with Crippen molar-refractivity contribution < 1.29 is 14.3 Å². The van der Waals surface area contributed by atoms with Gasteiger partial charge in [-0.05, 0) is 42.0 Å². The molecule has 0 unspecified atom stereocenters. The molecule has 4 heteroatoms. The zero-order valence-electron chi connectivity index (χ0n) is 16.0. The van der Waals surface area contributed by atoms with Gasteiger partial charge in [-0.1, -0.05) is 57.2 Å². The maximum Gasteiger partial charge on any atom is 0.340 e. The summed E-state index contributed by atoms with van der Waals surface area (Å²) in [7, 11) is 0. The van der Waals surface area contributed by atoms with Gasteiger partial charge in [0.05, 0.1) is 17.9 Å². The van der Waals surface area contributed by atoms with Gasteiger partial charge < -0.3 is 10.1 Å². The maximum absolute atomic E-state index is 12.3. The number of benzene rings is 2. The second-order valence-electron chi connectivity index (χ2n) is 7.26. The van der Waals surface area contributed by atoms with Crippen molar-refractivity contribution in [1.82, 2.24) is 0 Å². The van der Waals surface area contributed by atoms with Gasteiger partial charge in [0.2, 0.25) is 5.91 Å². The number of hydrogen-bond donors (Lipinski definition) is 1. The number of aryl methyl sites for hydroxylation is 1. The van der Waals surface area contributed by atoms with Crippen LogP contribution in [0.15, 0.2) is 48.5 Å². The van der Waals surface area contributed by atoms with E-state index in [2.05, 4.69) is 50.4 Å². The van der Waals surface area contributed by atoms with Gasteiger partial charge in [-0.3, -0.25) is 4.79 Å². The first-order chi connectivity index (χ1) is 12.3. The molecule has 0 saturated heterocycles. The lowest BCUT2D eigenvalue weighted by atomic mass is 9.86. The highest BCUT2D eigenvalue weighted by molar-refractivity contribution is 6.01. The Balaban J connectivity index is 1.96. The largest absolute Gasteiger partial charge is 0.462 e. The van der Waals surface area contributed by atoms with E-state index in [9.17, 15) is 9.59 Å². The van der Waals surface area contributed by atoms with Crippen LogP contribution in [0.3, 0.4) is 0 Å². The summed E-state index contributed by atoms with van der Waals surface area (Å²) in [6.07, 6.45) is 1.00. The Morgan fingerprint density at radius 2 is 1.65 bits per heavy atom. The van der Waals surface area contributed by atoms with Crippen LogP contribution in [-0.4, -0.2) is 18.5 Å². The minimum absolute atomic E-state index is 0.118. The number of esters is 1.